The maximum atomic E-state index is 11.6. The molecule has 7 atom stereocenters. The van der Waals surface area contributed by atoms with Crippen LogP contribution < -0.4 is 0 Å². The number of cyclic esters (lactones) is 1. The van der Waals surface area contributed by atoms with E-state index in [1.54, 1.807) is 0 Å². The predicted octanol–water partition coefficient (Wildman–Crippen LogP) is -4.19. The summed E-state index contributed by atoms with van der Waals surface area (Å²) in [6.07, 6.45) is -12.3. The van der Waals surface area contributed by atoms with E-state index in [1.807, 2.05) is 0 Å². The maximum absolute atomic E-state index is 11.6. The van der Waals surface area contributed by atoms with Gasteiger partial charge in [0, 0.05) is 0 Å². The van der Waals surface area contributed by atoms with Crippen molar-refractivity contribution in [2.24, 2.45) is 0 Å². The van der Waals surface area contributed by atoms with Crippen molar-refractivity contribution in [3.63, 3.8) is 0 Å². The molecule has 1 unspecified atom stereocenters. The maximum Gasteiger partial charge on any atom is 0.378 e. The van der Waals surface area contributed by atoms with Crippen LogP contribution >= 0.6 is 0 Å². The van der Waals surface area contributed by atoms with Crippen LogP contribution in [0.4, 0.5) is 0 Å². The van der Waals surface area contributed by atoms with E-state index in [-0.39, 0.29) is 0 Å². The zero-order valence-corrected chi connectivity index (χ0v) is 11.0. The summed E-state index contributed by atoms with van der Waals surface area (Å²) < 4.78 is 14.1. The normalized spacial score (nSPS) is 40.5. The van der Waals surface area contributed by atoms with Gasteiger partial charge in [-0.05, 0) is 0 Å². The fourth-order valence-corrected chi connectivity index (χ4v) is 1.97. The largest absolute Gasteiger partial charge is 0.505 e. The van der Waals surface area contributed by atoms with Crippen molar-refractivity contribution in [1.29, 1.82) is 0 Å². The molecule has 2 rings (SSSR count). The lowest BCUT2D eigenvalue weighted by Gasteiger charge is -2.37. The number of esters is 1. The van der Waals surface area contributed by atoms with E-state index in [2.05, 4.69) is 9.47 Å². The highest BCUT2D eigenvalue weighted by atomic mass is 16.8. The van der Waals surface area contributed by atoms with Crippen LogP contribution in [0.5, 0.6) is 0 Å². The van der Waals surface area contributed by atoms with Crippen LogP contribution in [0, 0.1) is 0 Å². The lowest BCUT2D eigenvalue weighted by atomic mass is 10.0. The number of hydrogen-bond donors (Lipinski definition) is 7. The zero-order valence-electron chi connectivity index (χ0n) is 11.0. The number of ether oxygens (including phenoxy) is 3. The van der Waals surface area contributed by atoms with Gasteiger partial charge in [0.15, 0.2) is 18.2 Å². The van der Waals surface area contributed by atoms with Crippen LogP contribution in [0.2, 0.25) is 0 Å². The van der Waals surface area contributed by atoms with Gasteiger partial charge in [-0.25, -0.2) is 4.79 Å². The van der Waals surface area contributed by atoms with E-state index >= 15 is 0 Å². The van der Waals surface area contributed by atoms with Gasteiger partial charge in [-0.3, -0.25) is 0 Å². The van der Waals surface area contributed by atoms with Gasteiger partial charge in [-0.15, -0.1) is 0 Å². The van der Waals surface area contributed by atoms with Crippen molar-refractivity contribution in [3.8, 4) is 0 Å². The number of aliphatic hydroxyl groups is 7. The number of carbonyl (C=O) groups is 1. The fraction of sp³-hybridized carbons (Fsp3) is 0.727. The van der Waals surface area contributed by atoms with Crippen molar-refractivity contribution in [1.82, 2.24) is 0 Å². The van der Waals surface area contributed by atoms with E-state index < -0.39 is 67.2 Å². The Morgan fingerprint density at radius 2 is 1.77 bits per heavy atom. The van der Waals surface area contributed by atoms with Gasteiger partial charge < -0.3 is 50.0 Å². The molecule has 1 fully saturated rings. The van der Waals surface area contributed by atoms with Gasteiger partial charge in [-0.2, -0.15) is 0 Å². The summed E-state index contributed by atoms with van der Waals surface area (Å²) in [5, 5.41) is 65.7. The molecule has 0 aromatic rings. The third-order valence-electron chi connectivity index (χ3n) is 3.24. The van der Waals surface area contributed by atoms with Crippen LogP contribution in [-0.4, -0.2) is 91.4 Å². The smallest absolute Gasteiger partial charge is 0.378 e. The van der Waals surface area contributed by atoms with E-state index in [1.165, 1.54) is 0 Å². The Labute approximate surface area is 123 Å². The molecule has 0 aromatic heterocycles. The van der Waals surface area contributed by atoms with Crippen molar-refractivity contribution >= 4 is 5.97 Å². The molecule has 0 radical (unpaired) electrons. The van der Waals surface area contributed by atoms with Crippen LogP contribution in [0.3, 0.4) is 0 Å². The summed E-state index contributed by atoms with van der Waals surface area (Å²) in [7, 11) is 0. The molecular formula is C11H16O11. The lowest BCUT2D eigenvalue weighted by molar-refractivity contribution is -0.332. The molecule has 0 amide bonds. The first kappa shape index (κ1) is 16.9. The molecular weight excluding hydrogens is 308 g/mol. The highest BCUT2D eigenvalue weighted by Gasteiger charge is 2.48. The van der Waals surface area contributed by atoms with Gasteiger partial charge in [0.05, 0.1) is 6.61 Å². The molecule has 1 saturated heterocycles. The molecule has 0 aromatic carbocycles. The zero-order chi connectivity index (χ0) is 16.6. The van der Waals surface area contributed by atoms with Crippen molar-refractivity contribution in [2.75, 3.05) is 6.61 Å². The number of hydrogen-bond acceptors (Lipinski definition) is 11. The molecule has 2 aliphatic rings. The first-order valence-electron chi connectivity index (χ1n) is 6.25. The monoisotopic (exact) mass is 324 g/mol. The first-order chi connectivity index (χ1) is 10.3. The average Bonchev–Trinajstić information content (AvgIpc) is 2.77. The third kappa shape index (κ3) is 2.87. The van der Waals surface area contributed by atoms with Crippen LogP contribution in [0.15, 0.2) is 11.5 Å². The molecule has 0 saturated carbocycles. The van der Waals surface area contributed by atoms with Crippen LogP contribution in [-0.2, 0) is 19.0 Å². The van der Waals surface area contributed by atoms with Gasteiger partial charge in [0.25, 0.3) is 0 Å². The predicted molar refractivity (Wildman–Crippen MR) is 62.6 cm³/mol. The topological polar surface area (TPSA) is 186 Å². The van der Waals surface area contributed by atoms with E-state index in [0.717, 1.165) is 0 Å². The molecule has 11 heteroatoms. The lowest BCUT2D eigenvalue weighted by Crippen LogP contribution is -2.58. The quantitative estimate of drug-likeness (QED) is 0.248. The van der Waals surface area contributed by atoms with Crippen LogP contribution in [0.25, 0.3) is 0 Å². The Kier molecular flexibility index (Phi) is 4.87. The third-order valence-corrected chi connectivity index (χ3v) is 3.24. The Bertz CT molecular complexity index is 463. The molecule has 126 valence electrons. The van der Waals surface area contributed by atoms with Gasteiger partial charge in [0.2, 0.25) is 12.0 Å². The number of carbonyl (C=O) groups excluding carboxylic acids is 1. The second-order valence-electron chi connectivity index (χ2n) is 4.77. The summed E-state index contributed by atoms with van der Waals surface area (Å²) in [6.45, 7) is -0.804. The minimum atomic E-state index is -1.90. The molecule has 7 N–H and O–H groups in total. The SMILES string of the molecule is O=C1O[C@H]([C@@H](O)CO)C(O)=C1OC1O[C@H](O)[C@@H](O)[C@H](O)[C@H]1O. The molecule has 2 aliphatic heterocycles. The van der Waals surface area contributed by atoms with E-state index in [0.29, 0.717) is 0 Å². The number of aliphatic hydroxyl groups excluding tert-OH is 7. The number of rotatable bonds is 4. The Morgan fingerprint density at radius 1 is 1.14 bits per heavy atom. The molecule has 0 aliphatic carbocycles. The molecule has 11 nitrogen and oxygen atoms in total. The first-order valence-corrected chi connectivity index (χ1v) is 6.25. The second kappa shape index (κ2) is 6.34. The highest BCUT2D eigenvalue weighted by molar-refractivity contribution is 5.89. The molecule has 0 bridgehead atoms. The van der Waals surface area contributed by atoms with Gasteiger partial charge in [-0.1, -0.05) is 0 Å². The summed E-state index contributed by atoms with van der Waals surface area (Å²) >= 11 is 0. The minimum Gasteiger partial charge on any atom is -0.505 e. The summed E-state index contributed by atoms with van der Waals surface area (Å²) in [4.78, 5) is 11.6. The summed E-state index contributed by atoms with van der Waals surface area (Å²) in [5.74, 6) is -2.88. The Hall–Kier alpha value is -1.47. The Morgan fingerprint density at radius 3 is 2.36 bits per heavy atom. The van der Waals surface area contributed by atoms with Crippen molar-refractivity contribution in [3.05, 3.63) is 11.5 Å². The fourth-order valence-electron chi connectivity index (χ4n) is 1.97. The highest BCUT2D eigenvalue weighted by Crippen LogP contribution is 2.29. The van der Waals surface area contributed by atoms with Crippen molar-refractivity contribution < 1.29 is 54.8 Å². The standard InChI is InChI=1S/C11H16O11/c12-1-2(13)7-6(17)8(10(19)20-7)21-11-5(16)3(14)4(15)9(18)22-11/h2-5,7,9,11-18H,1H2/t2-,3-,4-,5+,7+,9-,11?/m0/s1. The summed E-state index contributed by atoms with van der Waals surface area (Å²) in [5.41, 5.74) is 0. The van der Waals surface area contributed by atoms with E-state index in [9.17, 15) is 35.4 Å². The summed E-state index contributed by atoms with van der Waals surface area (Å²) in [6, 6.07) is 0. The van der Waals surface area contributed by atoms with Gasteiger partial charge in [0.1, 0.15) is 24.4 Å². The Balaban J connectivity index is 2.15. The van der Waals surface area contributed by atoms with Gasteiger partial charge >= 0.3 is 5.97 Å². The molecule has 22 heavy (non-hydrogen) atoms. The molecule has 2 heterocycles. The minimum absolute atomic E-state index is 0.804. The second-order valence-corrected chi connectivity index (χ2v) is 4.77. The van der Waals surface area contributed by atoms with Crippen LogP contribution in [0.1, 0.15) is 0 Å². The molecule has 0 spiro atoms. The van der Waals surface area contributed by atoms with E-state index in [4.69, 9.17) is 9.84 Å². The van der Waals surface area contributed by atoms with Crippen molar-refractivity contribution in [2.45, 2.75) is 43.1 Å². The average molecular weight is 324 g/mol.